The van der Waals surface area contributed by atoms with Gasteiger partial charge < -0.3 is 5.32 Å². The Morgan fingerprint density at radius 1 is 1.07 bits per heavy atom. The third-order valence-corrected chi connectivity index (χ3v) is 5.20. The third kappa shape index (κ3) is 4.29. The zero-order chi connectivity index (χ0) is 19.3. The normalized spacial score (nSPS) is 14.9. The average molecular weight is 371 g/mol. The molecule has 3 aromatic rings. The van der Waals surface area contributed by atoms with Gasteiger partial charge in [-0.15, -0.1) is 0 Å². The van der Waals surface area contributed by atoms with E-state index in [1.165, 1.54) is 11.1 Å². The topological polar surface area (TPSA) is 45.2 Å². The smallest absolute Gasteiger partial charge is 0.251 e. The summed E-state index contributed by atoms with van der Waals surface area (Å²) in [5, 5.41) is 3.15. The molecule has 0 unspecified atom stereocenters. The molecule has 0 aliphatic carbocycles. The first-order valence-corrected chi connectivity index (χ1v) is 9.80. The molecule has 1 N–H and O–H groups in total. The summed E-state index contributed by atoms with van der Waals surface area (Å²) in [6.07, 6.45) is 2.84. The number of rotatable bonds is 5. The second-order valence-corrected chi connectivity index (χ2v) is 7.42. The molecular formula is C24H25N3O. The van der Waals surface area contributed by atoms with Crippen molar-refractivity contribution < 1.29 is 4.79 Å². The van der Waals surface area contributed by atoms with Gasteiger partial charge in [0, 0.05) is 43.0 Å². The minimum atomic E-state index is -0.0392. The summed E-state index contributed by atoms with van der Waals surface area (Å²) in [5.74, 6) is -0.0392. The fraction of sp³-hybridized carbons (Fsp3) is 0.250. The van der Waals surface area contributed by atoms with Gasteiger partial charge in [-0.2, -0.15) is 0 Å². The summed E-state index contributed by atoms with van der Waals surface area (Å²) >= 11 is 0. The molecule has 4 heteroatoms. The van der Waals surface area contributed by atoms with Crippen molar-refractivity contribution >= 4 is 5.91 Å². The Morgan fingerprint density at radius 2 is 1.89 bits per heavy atom. The maximum atomic E-state index is 12.7. The monoisotopic (exact) mass is 371 g/mol. The first-order chi connectivity index (χ1) is 13.7. The van der Waals surface area contributed by atoms with Crippen LogP contribution in [0.5, 0.6) is 0 Å². The molecule has 4 rings (SSSR count). The van der Waals surface area contributed by atoms with Gasteiger partial charge in [0.25, 0.3) is 5.91 Å². The molecule has 0 radical (unpaired) electrons. The number of nitrogens with one attached hydrogen (secondary N) is 1. The maximum Gasteiger partial charge on any atom is 0.251 e. The molecule has 1 aromatic heterocycles. The Labute approximate surface area is 166 Å². The highest BCUT2D eigenvalue weighted by molar-refractivity contribution is 5.95. The predicted octanol–water partition coefficient (Wildman–Crippen LogP) is 3.93. The van der Waals surface area contributed by atoms with Crippen molar-refractivity contribution in [2.24, 2.45) is 0 Å². The zero-order valence-electron chi connectivity index (χ0n) is 16.1. The number of hydrogen-bond donors (Lipinski definition) is 1. The van der Waals surface area contributed by atoms with Crippen molar-refractivity contribution in [3.63, 3.8) is 0 Å². The Morgan fingerprint density at radius 3 is 2.71 bits per heavy atom. The summed E-state index contributed by atoms with van der Waals surface area (Å²) < 4.78 is 0. The second-order valence-electron chi connectivity index (χ2n) is 7.42. The van der Waals surface area contributed by atoms with E-state index in [2.05, 4.69) is 46.4 Å². The number of aromatic nitrogens is 1. The van der Waals surface area contributed by atoms with Gasteiger partial charge in [-0.3, -0.25) is 14.7 Å². The van der Waals surface area contributed by atoms with Crippen molar-refractivity contribution in [3.05, 3.63) is 89.6 Å². The van der Waals surface area contributed by atoms with Crippen molar-refractivity contribution in [2.45, 2.75) is 25.9 Å². The molecule has 0 saturated heterocycles. The molecule has 0 bridgehead atoms. The standard InChI is InChI=1S/C24H25N3O/c1-18(16-27-14-12-19-7-2-3-8-22(19)17-27)26-24(28)21-10-6-9-20(15-21)23-11-4-5-13-25-23/h2-11,13,15,18H,12,14,16-17H2,1H3,(H,26,28)/t18-/m0/s1. The van der Waals surface area contributed by atoms with E-state index < -0.39 is 0 Å². The number of nitrogens with zero attached hydrogens (tertiary/aromatic N) is 2. The van der Waals surface area contributed by atoms with Crippen molar-refractivity contribution in [3.8, 4) is 11.3 Å². The fourth-order valence-corrected chi connectivity index (χ4v) is 3.80. The van der Waals surface area contributed by atoms with Gasteiger partial charge in [0.2, 0.25) is 0 Å². The van der Waals surface area contributed by atoms with Crippen LogP contribution in [0.2, 0.25) is 0 Å². The minimum absolute atomic E-state index is 0.0392. The van der Waals surface area contributed by atoms with Crippen molar-refractivity contribution in [1.29, 1.82) is 0 Å². The Bertz CT molecular complexity index is 955. The molecular weight excluding hydrogens is 346 g/mol. The van der Waals surface area contributed by atoms with Crippen LogP contribution in [0.1, 0.15) is 28.4 Å². The number of hydrogen-bond acceptors (Lipinski definition) is 3. The fourth-order valence-electron chi connectivity index (χ4n) is 3.80. The first kappa shape index (κ1) is 18.4. The molecule has 1 atom stereocenters. The molecule has 2 heterocycles. The maximum absolute atomic E-state index is 12.7. The lowest BCUT2D eigenvalue weighted by Crippen LogP contribution is -2.43. The van der Waals surface area contributed by atoms with E-state index in [-0.39, 0.29) is 11.9 Å². The van der Waals surface area contributed by atoms with Gasteiger partial charge in [0.05, 0.1) is 5.69 Å². The van der Waals surface area contributed by atoms with Crippen molar-refractivity contribution in [2.75, 3.05) is 13.1 Å². The van der Waals surface area contributed by atoms with Crippen LogP contribution in [0.4, 0.5) is 0 Å². The quantitative estimate of drug-likeness (QED) is 0.739. The molecule has 0 fully saturated rings. The van der Waals surface area contributed by atoms with Gasteiger partial charge >= 0.3 is 0 Å². The van der Waals surface area contributed by atoms with E-state index in [0.717, 1.165) is 37.3 Å². The van der Waals surface area contributed by atoms with E-state index in [0.29, 0.717) is 5.56 Å². The summed E-state index contributed by atoms with van der Waals surface area (Å²) in [7, 11) is 0. The minimum Gasteiger partial charge on any atom is -0.348 e. The van der Waals surface area contributed by atoms with Crippen molar-refractivity contribution in [1.82, 2.24) is 15.2 Å². The van der Waals surface area contributed by atoms with Crippen LogP contribution < -0.4 is 5.32 Å². The summed E-state index contributed by atoms with van der Waals surface area (Å²) in [6, 6.07) is 22.1. The molecule has 142 valence electrons. The number of benzene rings is 2. The second kappa shape index (κ2) is 8.36. The molecule has 1 aliphatic heterocycles. The lowest BCUT2D eigenvalue weighted by Gasteiger charge is -2.31. The Kier molecular flexibility index (Phi) is 5.49. The van der Waals surface area contributed by atoms with Crippen LogP contribution >= 0.6 is 0 Å². The number of amides is 1. The predicted molar refractivity (Wildman–Crippen MR) is 112 cm³/mol. The van der Waals surface area contributed by atoms with E-state index >= 15 is 0 Å². The average Bonchev–Trinajstić information content (AvgIpc) is 2.74. The number of pyridine rings is 1. The highest BCUT2D eigenvalue weighted by Gasteiger charge is 2.19. The highest BCUT2D eigenvalue weighted by atomic mass is 16.1. The van der Waals surface area contributed by atoms with Crippen LogP contribution in [-0.2, 0) is 13.0 Å². The molecule has 2 aromatic carbocycles. The summed E-state index contributed by atoms with van der Waals surface area (Å²) in [6.45, 7) is 4.90. The molecule has 1 aliphatic rings. The summed E-state index contributed by atoms with van der Waals surface area (Å²) in [5.41, 5.74) is 5.34. The van der Waals surface area contributed by atoms with E-state index in [1.807, 2.05) is 42.5 Å². The Hall–Kier alpha value is -2.98. The van der Waals surface area contributed by atoms with Crippen LogP contribution in [0.25, 0.3) is 11.3 Å². The van der Waals surface area contributed by atoms with E-state index in [9.17, 15) is 4.79 Å². The van der Waals surface area contributed by atoms with Crippen LogP contribution in [0.15, 0.2) is 72.9 Å². The molecule has 0 saturated carbocycles. The van der Waals surface area contributed by atoms with Gasteiger partial charge in [-0.05, 0) is 48.7 Å². The lowest BCUT2D eigenvalue weighted by atomic mass is 9.99. The van der Waals surface area contributed by atoms with Gasteiger partial charge in [-0.1, -0.05) is 42.5 Å². The molecule has 4 nitrogen and oxygen atoms in total. The van der Waals surface area contributed by atoms with Gasteiger partial charge in [0.15, 0.2) is 0 Å². The third-order valence-electron chi connectivity index (χ3n) is 5.20. The summed E-state index contributed by atoms with van der Waals surface area (Å²) in [4.78, 5) is 19.5. The number of fused-ring (bicyclic) bond motifs is 1. The van der Waals surface area contributed by atoms with Crippen LogP contribution in [0, 0.1) is 0 Å². The number of carbonyl (C=O) groups excluding carboxylic acids is 1. The van der Waals surface area contributed by atoms with Gasteiger partial charge in [0.1, 0.15) is 0 Å². The lowest BCUT2D eigenvalue weighted by molar-refractivity contribution is 0.0927. The number of carbonyl (C=O) groups is 1. The Balaban J connectivity index is 1.37. The molecule has 0 spiro atoms. The van der Waals surface area contributed by atoms with E-state index in [1.54, 1.807) is 6.20 Å². The van der Waals surface area contributed by atoms with Crippen LogP contribution in [0.3, 0.4) is 0 Å². The molecule has 1 amide bonds. The van der Waals surface area contributed by atoms with E-state index in [4.69, 9.17) is 0 Å². The highest BCUT2D eigenvalue weighted by Crippen LogP contribution is 2.19. The zero-order valence-corrected chi connectivity index (χ0v) is 16.1. The molecule has 28 heavy (non-hydrogen) atoms. The van der Waals surface area contributed by atoms with Crippen LogP contribution in [-0.4, -0.2) is 34.9 Å². The van der Waals surface area contributed by atoms with Gasteiger partial charge in [-0.25, -0.2) is 0 Å². The first-order valence-electron chi connectivity index (χ1n) is 9.80. The SMILES string of the molecule is C[C@@H](CN1CCc2ccccc2C1)NC(=O)c1cccc(-c2ccccn2)c1. The largest absolute Gasteiger partial charge is 0.348 e.